The highest BCUT2D eigenvalue weighted by Crippen LogP contribution is 2.32. The first kappa shape index (κ1) is 18.3. The fraction of sp³-hybridized carbons (Fsp3) is 0.167. The summed E-state index contributed by atoms with van der Waals surface area (Å²) in [5.74, 6) is -1.16. The van der Waals surface area contributed by atoms with Crippen LogP contribution in [0.15, 0.2) is 41.4 Å². The highest BCUT2D eigenvalue weighted by molar-refractivity contribution is 8.18. The number of hydrogen-bond donors (Lipinski definition) is 0. The van der Waals surface area contributed by atoms with Gasteiger partial charge in [-0.3, -0.25) is 19.3 Å². The van der Waals surface area contributed by atoms with Crippen LogP contribution in [0, 0.1) is 6.92 Å². The highest BCUT2D eigenvalue weighted by atomic mass is 35.5. The van der Waals surface area contributed by atoms with Gasteiger partial charge in [0, 0.05) is 22.6 Å². The monoisotopic (exact) mass is 390 g/mol. The summed E-state index contributed by atoms with van der Waals surface area (Å²) in [5, 5.41) is 0.142. The number of ether oxygens (including phenoxy) is 1. The standard InChI is InChI=1S/C18H15ClN2O4S/c1-11-5-6-13(8-14(11)19)20-7-3-4-12(20)9-15-17(23)21(18(24)26-15)10-16(22)25-2/h3-9H,10H2,1-2H3/b15-9-. The van der Waals surface area contributed by atoms with Crippen molar-refractivity contribution in [2.24, 2.45) is 0 Å². The number of benzene rings is 1. The molecule has 6 nitrogen and oxygen atoms in total. The molecule has 1 aliphatic rings. The summed E-state index contributed by atoms with van der Waals surface area (Å²) in [5.41, 5.74) is 2.52. The molecule has 1 saturated heterocycles. The van der Waals surface area contributed by atoms with Gasteiger partial charge in [0.25, 0.3) is 11.1 Å². The number of carbonyl (C=O) groups excluding carboxylic acids is 3. The van der Waals surface area contributed by atoms with Crippen molar-refractivity contribution in [3.8, 4) is 5.69 Å². The van der Waals surface area contributed by atoms with Gasteiger partial charge in [0.15, 0.2) is 0 Å². The molecule has 8 heteroatoms. The van der Waals surface area contributed by atoms with Gasteiger partial charge in [-0.05, 0) is 54.6 Å². The Kier molecular flexibility index (Phi) is 5.20. The molecule has 0 radical (unpaired) electrons. The number of methoxy groups -OCH3 is 1. The number of hydrogen-bond acceptors (Lipinski definition) is 5. The smallest absolute Gasteiger partial charge is 0.325 e. The number of rotatable bonds is 4. The zero-order valence-corrected chi connectivity index (χ0v) is 15.6. The molecule has 0 atom stereocenters. The number of halogens is 1. The van der Waals surface area contributed by atoms with E-state index >= 15 is 0 Å². The molecule has 26 heavy (non-hydrogen) atoms. The van der Waals surface area contributed by atoms with E-state index in [1.807, 2.05) is 48.0 Å². The van der Waals surface area contributed by atoms with Crippen molar-refractivity contribution in [1.82, 2.24) is 9.47 Å². The second kappa shape index (κ2) is 7.39. The third-order valence-electron chi connectivity index (χ3n) is 3.88. The lowest BCUT2D eigenvalue weighted by Gasteiger charge is -2.10. The minimum absolute atomic E-state index is 0.247. The van der Waals surface area contributed by atoms with E-state index in [0.717, 1.165) is 27.9 Å². The molecule has 2 heterocycles. The van der Waals surface area contributed by atoms with Crippen LogP contribution in [0.3, 0.4) is 0 Å². The van der Waals surface area contributed by atoms with Gasteiger partial charge in [-0.15, -0.1) is 0 Å². The van der Waals surface area contributed by atoms with Crippen molar-refractivity contribution in [2.75, 3.05) is 13.7 Å². The fourth-order valence-corrected chi connectivity index (χ4v) is 3.44. The van der Waals surface area contributed by atoms with Crippen LogP contribution < -0.4 is 0 Å². The molecule has 0 N–H and O–H groups in total. The van der Waals surface area contributed by atoms with Gasteiger partial charge in [0.1, 0.15) is 6.54 Å². The van der Waals surface area contributed by atoms with Crippen LogP contribution in [0.4, 0.5) is 4.79 Å². The van der Waals surface area contributed by atoms with Gasteiger partial charge in [-0.2, -0.15) is 0 Å². The number of carbonyl (C=O) groups is 3. The summed E-state index contributed by atoms with van der Waals surface area (Å²) >= 11 is 6.99. The number of esters is 1. The molecule has 1 fully saturated rings. The van der Waals surface area contributed by atoms with Crippen molar-refractivity contribution in [3.63, 3.8) is 0 Å². The van der Waals surface area contributed by atoms with E-state index in [4.69, 9.17) is 11.6 Å². The molecule has 3 rings (SSSR count). The van der Waals surface area contributed by atoms with Gasteiger partial charge < -0.3 is 9.30 Å². The predicted molar refractivity (Wildman–Crippen MR) is 100 cm³/mol. The summed E-state index contributed by atoms with van der Waals surface area (Å²) in [6.07, 6.45) is 3.46. The number of nitrogens with zero attached hydrogens (tertiary/aromatic N) is 2. The lowest BCUT2D eigenvalue weighted by atomic mass is 10.2. The van der Waals surface area contributed by atoms with E-state index < -0.39 is 23.7 Å². The Morgan fingerprint density at radius 3 is 2.77 bits per heavy atom. The Morgan fingerprint density at radius 2 is 2.08 bits per heavy atom. The molecule has 0 unspecified atom stereocenters. The van der Waals surface area contributed by atoms with Crippen LogP contribution in [-0.2, 0) is 14.3 Å². The van der Waals surface area contributed by atoms with Crippen LogP contribution in [0.25, 0.3) is 11.8 Å². The zero-order valence-electron chi connectivity index (χ0n) is 14.1. The minimum atomic E-state index is -0.647. The van der Waals surface area contributed by atoms with Crippen LogP contribution in [-0.4, -0.2) is 40.2 Å². The maximum atomic E-state index is 12.4. The summed E-state index contributed by atoms with van der Waals surface area (Å²) in [4.78, 5) is 36.9. The predicted octanol–water partition coefficient (Wildman–Crippen LogP) is 3.65. The first-order chi connectivity index (χ1) is 12.4. The molecular weight excluding hydrogens is 376 g/mol. The Bertz CT molecular complexity index is 935. The van der Waals surface area contributed by atoms with Crippen molar-refractivity contribution >= 4 is 46.6 Å². The molecule has 2 amide bonds. The Labute approximate surface area is 159 Å². The molecule has 1 aromatic carbocycles. The first-order valence-electron chi connectivity index (χ1n) is 7.67. The minimum Gasteiger partial charge on any atom is -0.468 e. The van der Waals surface area contributed by atoms with E-state index in [1.54, 1.807) is 6.08 Å². The molecule has 2 aromatic rings. The van der Waals surface area contributed by atoms with Gasteiger partial charge in [-0.1, -0.05) is 17.7 Å². The SMILES string of the molecule is COC(=O)CN1C(=O)S/C(=C\c2cccn2-c2ccc(C)c(Cl)c2)C1=O. The third-order valence-corrected chi connectivity index (χ3v) is 5.20. The largest absolute Gasteiger partial charge is 0.468 e. The van der Waals surface area contributed by atoms with Crippen molar-refractivity contribution in [2.45, 2.75) is 6.92 Å². The number of thioether (sulfide) groups is 1. The summed E-state index contributed by atoms with van der Waals surface area (Å²) in [6.45, 7) is 1.52. The Morgan fingerprint density at radius 1 is 1.31 bits per heavy atom. The normalized spacial score (nSPS) is 15.8. The van der Waals surface area contributed by atoms with E-state index in [2.05, 4.69) is 4.74 Å². The molecule has 0 bridgehead atoms. The van der Waals surface area contributed by atoms with Gasteiger partial charge >= 0.3 is 5.97 Å². The molecule has 1 aliphatic heterocycles. The summed E-state index contributed by atoms with van der Waals surface area (Å²) < 4.78 is 6.38. The fourth-order valence-electron chi connectivity index (χ4n) is 2.44. The van der Waals surface area contributed by atoms with E-state index in [9.17, 15) is 14.4 Å². The lowest BCUT2D eigenvalue weighted by Crippen LogP contribution is -2.34. The maximum Gasteiger partial charge on any atom is 0.325 e. The molecule has 1 aromatic heterocycles. The second-order valence-electron chi connectivity index (χ2n) is 5.58. The average molecular weight is 391 g/mol. The number of aryl methyl sites for hydroxylation is 1. The van der Waals surface area contributed by atoms with Crippen LogP contribution >= 0.6 is 23.4 Å². The highest BCUT2D eigenvalue weighted by Gasteiger charge is 2.36. The van der Waals surface area contributed by atoms with Crippen LogP contribution in [0.1, 0.15) is 11.3 Å². The summed E-state index contributed by atoms with van der Waals surface area (Å²) in [6, 6.07) is 9.31. The maximum absolute atomic E-state index is 12.4. The molecule has 0 saturated carbocycles. The van der Waals surface area contributed by atoms with Crippen LogP contribution in [0.2, 0.25) is 5.02 Å². The number of aromatic nitrogens is 1. The molecule has 134 valence electrons. The second-order valence-corrected chi connectivity index (χ2v) is 6.98. The Balaban J connectivity index is 1.91. The van der Waals surface area contributed by atoms with Gasteiger partial charge in [0.2, 0.25) is 0 Å². The van der Waals surface area contributed by atoms with E-state index in [0.29, 0.717) is 10.7 Å². The summed E-state index contributed by atoms with van der Waals surface area (Å²) in [7, 11) is 1.21. The quantitative estimate of drug-likeness (QED) is 0.588. The number of amides is 2. The average Bonchev–Trinajstić information content (AvgIpc) is 3.17. The van der Waals surface area contributed by atoms with E-state index in [1.165, 1.54) is 7.11 Å². The van der Waals surface area contributed by atoms with Crippen molar-refractivity contribution in [1.29, 1.82) is 0 Å². The zero-order chi connectivity index (χ0) is 18.8. The van der Waals surface area contributed by atoms with E-state index in [-0.39, 0.29) is 4.91 Å². The van der Waals surface area contributed by atoms with Crippen LogP contribution in [0.5, 0.6) is 0 Å². The molecule has 0 spiro atoms. The molecule has 0 aliphatic carbocycles. The molecular formula is C18H15ClN2O4S. The van der Waals surface area contributed by atoms with Gasteiger partial charge in [0.05, 0.1) is 12.0 Å². The Hall–Kier alpha value is -2.51. The lowest BCUT2D eigenvalue weighted by molar-refractivity contribution is -0.143. The third kappa shape index (κ3) is 3.54. The van der Waals surface area contributed by atoms with Crippen molar-refractivity contribution in [3.05, 3.63) is 57.7 Å². The first-order valence-corrected chi connectivity index (χ1v) is 8.86. The van der Waals surface area contributed by atoms with Gasteiger partial charge in [-0.25, -0.2) is 0 Å². The topological polar surface area (TPSA) is 68.6 Å². The number of imide groups is 1. The van der Waals surface area contributed by atoms with Crippen molar-refractivity contribution < 1.29 is 19.1 Å².